The number of hydrazone groups is 1. The van der Waals surface area contributed by atoms with Gasteiger partial charge in [-0.3, -0.25) is 4.79 Å². The van der Waals surface area contributed by atoms with Gasteiger partial charge in [-0.1, -0.05) is 70.2 Å². The summed E-state index contributed by atoms with van der Waals surface area (Å²) < 4.78 is 0. The Morgan fingerprint density at radius 3 is 2.38 bits per heavy atom. The Balaban J connectivity index is 2.15. The first-order valence-electron chi connectivity index (χ1n) is 8.17. The van der Waals surface area contributed by atoms with E-state index in [1.165, 1.54) is 31.2 Å². The molecule has 3 heteroatoms. The molecular formula is C18H28N2O. The molecule has 116 valence electrons. The summed E-state index contributed by atoms with van der Waals surface area (Å²) >= 11 is 0. The molecule has 0 aliphatic rings. The molecule has 0 saturated heterocycles. The number of carbonyl (C=O) groups is 1. The molecule has 1 aromatic rings. The lowest BCUT2D eigenvalue weighted by atomic mass is 10.1. The predicted octanol–water partition coefficient (Wildman–Crippen LogP) is 4.45. The lowest BCUT2D eigenvalue weighted by Crippen LogP contribution is -2.16. The highest BCUT2D eigenvalue weighted by atomic mass is 16.2. The van der Waals surface area contributed by atoms with E-state index in [1.807, 2.05) is 12.1 Å². The molecule has 0 fully saturated rings. The number of rotatable bonds is 10. The van der Waals surface area contributed by atoms with E-state index in [4.69, 9.17) is 0 Å². The van der Waals surface area contributed by atoms with Gasteiger partial charge in [0.25, 0.3) is 0 Å². The van der Waals surface area contributed by atoms with Crippen LogP contribution in [-0.4, -0.2) is 12.1 Å². The molecule has 1 N–H and O–H groups in total. The first kappa shape index (κ1) is 17.4. The number of hydrogen-bond donors (Lipinski definition) is 1. The molecule has 0 aromatic heterocycles. The van der Waals surface area contributed by atoms with E-state index < -0.39 is 0 Å². The van der Waals surface area contributed by atoms with Crippen LogP contribution in [0.2, 0.25) is 0 Å². The molecular weight excluding hydrogens is 260 g/mol. The molecule has 0 heterocycles. The minimum absolute atomic E-state index is 0.00641. The van der Waals surface area contributed by atoms with Gasteiger partial charge in [0, 0.05) is 6.42 Å². The fourth-order valence-corrected chi connectivity index (χ4v) is 2.14. The zero-order valence-corrected chi connectivity index (χ0v) is 13.4. The third-order valence-electron chi connectivity index (χ3n) is 3.55. The van der Waals surface area contributed by atoms with Crippen LogP contribution in [0.4, 0.5) is 0 Å². The van der Waals surface area contributed by atoms with Crippen LogP contribution in [0.3, 0.4) is 0 Å². The van der Waals surface area contributed by atoms with E-state index in [0.29, 0.717) is 6.42 Å². The van der Waals surface area contributed by atoms with Crippen molar-refractivity contribution >= 4 is 12.1 Å². The molecule has 0 saturated carbocycles. The van der Waals surface area contributed by atoms with Gasteiger partial charge in [0.1, 0.15) is 0 Å². The average molecular weight is 288 g/mol. The number of benzene rings is 1. The highest BCUT2D eigenvalue weighted by molar-refractivity contribution is 5.82. The van der Waals surface area contributed by atoms with Gasteiger partial charge in [0.15, 0.2) is 0 Å². The van der Waals surface area contributed by atoms with Crippen LogP contribution < -0.4 is 5.43 Å². The Morgan fingerprint density at radius 1 is 1.05 bits per heavy atom. The molecule has 1 amide bonds. The topological polar surface area (TPSA) is 41.5 Å². The number of nitrogens with zero attached hydrogens (tertiary/aromatic N) is 1. The van der Waals surface area contributed by atoms with Gasteiger partial charge in [-0.25, -0.2) is 5.43 Å². The van der Waals surface area contributed by atoms with E-state index in [1.54, 1.807) is 6.21 Å². The van der Waals surface area contributed by atoms with Gasteiger partial charge < -0.3 is 0 Å². The fourth-order valence-electron chi connectivity index (χ4n) is 2.14. The molecule has 0 radical (unpaired) electrons. The van der Waals surface area contributed by atoms with Crippen molar-refractivity contribution in [3.63, 3.8) is 0 Å². The Hall–Kier alpha value is -1.64. The van der Waals surface area contributed by atoms with Crippen molar-refractivity contribution in [3.8, 4) is 0 Å². The average Bonchev–Trinajstić information content (AvgIpc) is 2.51. The van der Waals surface area contributed by atoms with Crippen molar-refractivity contribution in [2.75, 3.05) is 0 Å². The lowest BCUT2D eigenvalue weighted by Gasteiger charge is -2.01. The maximum absolute atomic E-state index is 11.6. The van der Waals surface area contributed by atoms with Gasteiger partial charge in [-0.2, -0.15) is 5.10 Å². The van der Waals surface area contributed by atoms with E-state index >= 15 is 0 Å². The summed E-state index contributed by atoms with van der Waals surface area (Å²) in [6, 6.07) is 8.20. The van der Waals surface area contributed by atoms with Crippen molar-refractivity contribution in [3.05, 3.63) is 35.4 Å². The molecule has 0 aliphatic heterocycles. The van der Waals surface area contributed by atoms with Crippen LogP contribution in [0.5, 0.6) is 0 Å². The predicted molar refractivity (Wildman–Crippen MR) is 89.5 cm³/mol. The van der Waals surface area contributed by atoms with Crippen LogP contribution >= 0.6 is 0 Å². The van der Waals surface area contributed by atoms with Crippen molar-refractivity contribution in [1.29, 1.82) is 0 Å². The monoisotopic (exact) mass is 288 g/mol. The summed E-state index contributed by atoms with van der Waals surface area (Å²) in [7, 11) is 0. The number of nitrogens with one attached hydrogen (secondary N) is 1. The zero-order chi connectivity index (χ0) is 15.3. The van der Waals surface area contributed by atoms with Gasteiger partial charge >= 0.3 is 0 Å². The lowest BCUT2D eigenvalue weighted by molar-refractivity contribution is -0.121. The van der Waals surface area contributed by atoms with Crippen LogP contribution in [-0.2, 0) is 11.2 Å². The smallest absolute Gasteiger partial charge is 0.240 e. The van der Waals surface area contributed by atoms with Crippen molar-refractivity contribution in [1.82, 2.24) is 5.43 Å². The van der Waals surface area contributed by atoms with Gasteiger partial charge in [-0.05, 0) is 24.0 Å². The number of carbonyl (C=O) groups excluding carboxylic acids is 1. The summed E-state index contributed by atoms with van der Waals surface area (Å²) in [5, 5.41) is 4.00. The molecule has 0 bridgehead atoms. The Morgan fingerprint density at radius 2 is 1.71 bits per heavy atom. The first-order chi connectivity index (χ1) is 10.3. The summed E-state index contributed by atoms with van der Waals surface area (Å²) in [5.74, 6) is 0.00641. The molecule has 3 nitrogen and oxygen atoms in total. The standard InChI is InChI=1S/C18H28N2O/c1-3-5-6-7-8-9-10-18(21)20-19-15-17-13-11-16(4-2)12-14-17/h11-15H,3-10H2,1-2H3,(H,20,21). The van der Waals surface area contributed by atoms with E-state index in [-0.39, 0.29) is 5.91 Å². The second kappa shape index (κ2) is 11.1. The zero-order valence-electron chi connectivity index (χ0n) is 13.4. The first-order valence-corrected chi connectivity index (χ1v) is 8.17. The second-order valence-corrected chi connectivity index (χ2v) is 5.41. The molecule has 0 spiro atoms. The highest BCUT2D eigenvalue weighted by Crippen LogP contribution is 2.06. The number of hydrogen-bond acceptors (Lipinski definition) is 2. The second-order valence-electron chi connectivity index (χ2n) is 5.41. The third kappa shape index (κ3) is 8.28. The summed E-state index contributed by atoms with van der Waals surface area (Å²) in [6.45, 7) is 4.34. The number of unbranched alkanes of at least 4 members (excludes halogenated alkanes) is 5. The Kier molecular flexibility index (Phi) is 9.18. The van der Waals surface area contributed by atoms with E-state index in [2.05, 4.69) is 36.5 Å². The normalized spacial score (nSPS) is 11.0. The number of amides is 1. The minimum Gasteiger partial charge on any atom is -0.273 e. The SMILES string of the molecule is CCCCCCCCC(=O)NN=Cc1ccc(CC)cc1. The molecule has 1 aromatic carbocycles. The Labute approximate surface area is 128 Å². The maximum Gasteiger partial charge on any atom is 0.240 e. The summed E-state index contributed by atoms with van der Waals surface area (Å²) in [4.78, 5) is 11.6. The van der Waals surface area contributed by atoms with Gasteiger partial charge in [0.2, 0.25) is 5.91 Å². The minimum atomic E-state index is 0.00641. The van der Waals surface area contributed by atoms with Crippen LogP contribution in [0, 0.1) is 0 Å². The molecule has 21 heavy (non-hydrogen) atoms. The van der Waals surface area contributed by atoms with Gasteiger partial charge in [-0.15, -0.1) is 0 Å². The number of aryl methyl sites for hydroxylation is 1. The highest BCUT2D eigenvalue weighted by Gasteiger charge is 1.99. The van der Waals surface area contributed by atoms with Crippen LogP contribution in [0.15, 0.2) is 29.4 Å². The molecule has 0 atom stereocenters. The largest absolute Gasteiger partial charge is 0.273 e. The van der Waals surface area contributed by atoms with Crippen LogP contribution in [0.1, 0.15) is 69.9 Å². The van der Waals surface area contributed by atoms with Crippen molar-refractivity contribution in [2.45, 2.75) is 65.2 Å². The molecule has 1 rings (SSSR count). The van der Waals surface area contributed by atoms with E-state index in [9.17, 15) is 4.79 Å². The van der Waals surface area contributed by atoms with Crippen molar-refractivity contribution < 1.29 is 4.79 Å². The summed E-state index contributed by atoms with van der Waals surface area (Å²) in [5.41, 5.74) is 4.90. The quantitative estimate of drug-likeness (QED) is 0.386. The third-order valence-corrected chi connectivity index (χ3v) is 3.55. The molecule has 0 aliphatic carbocycles. The van der Waals surface area contributed by atoms with Crippen molar-refractivity contribution in [2.24, 2.45) is 5.10 Å². The van der Waals surface area contributed by atoms with E-state index in [0.717, 1.165) is 24.8 Å². The Bertz CT molecular complexity index is 423. The fraction of sp³-hybridized carbons (Fsp3) is 0.556. The summed E-state index contributed by atoms with van der Waals surface area (Å²) in [6.07, 6.45) is 10.5. The maximum atomic E-state index is 11.6. The molecule has 0 unspecified atom stereocenters. The van der Waals surface area contributed by atoms with Gasteiger partial charge in [0.05, 0.1) is 6.21 Å². The van der Waals surface area contributed by atoms with Crippen LogP contribution in [0.25, 0.3) is 0 Å².